The molecule has 0 aliphatic carbocycles. The summed E-state index contributed by atoms with van der Waals surface area (Å²) in [5, 5.41) is 0. The Morgan fingerprint density at radius 1 is 1.26 bits per heavy atom. The third-order valence-corrected chi connectivity index (χ3v) is 3.27. The standard InChI is InChI=1S/C16H23NO2/c1-17(2)15-10-8-14(9-11-15)6-5-13-19-16-7-3-4-12-18-16/h5,8-11,13,16H,3-4,6-7,12H2,1-2H3/b13-5-. The molecule has 3 nitrogen and oxygen atoms in total. The first-order valence-corrected chi connectivity index (χ1v) is 6.94. The predicted octanol–water partition coefficient (Wildman–Crippen LogP) is 3.35. The van der Waals surface area contributed by atoms with Gasteiger partial charge in [0.1, 0.15) is 0 Å². The second-order valence-corrected chi connectivity index (χ2v) is 5.07. The minimum atomic E-state index is -0.0406. The maximum Gasteiger partial charge on any atom is 0.198 e. The lowest BCUT2D eigenvalue weighted by atomic mass is 10.1. The third kappa shape index (κ3) is 4.60. The Bertz CT molecular complexity index is 392. The fourth-order valence-electron chi connectivity index (χ4n) is 2.08. The van der Waals surface area contributed by atoms with E-state index in [1.807, 2.05) is 20.2 Å². The van der Waals surface area contributed by atoms with Gasteiger partial charge in [-0.3, -0.25) is 0 Å². The van der Waals surface area contributed by atoms with Gasteiger partial charge < -0.3 is 14.4 Å². The Kier molecular flexibility index (Phi) is 5.28. The summed E-state index contributed by atoms with van der Waals surface area (Å²) in [4.78, 5) is 2.10. The van der Waals surface area contributed by atoms with Crippen molar-refractivity contribution in [1.82, 2.24) is 0 Å². The minimum Gasteiger partial charge on any atom is -0.473 e. The minimum absolute atomic E-state index is 0.0406. The molecular weight excluding hydrogens is 238 g/mol. The number of anilines is 1. The fraction of sp³-hybridized carbons (Fsp3) is 0.500. The lowest BCUT2D eigenvalue weighted by molar-refractivity contribution is -0.129. The zero-order chi connectivity index (χ0) is 13.5. The molecule has 1 unspecified atom stereocenters. The Hall–Kier alpha value is -1.48. The van der Waals surface area contributed by atoms with Crippen LogP contribution in [-0.4, -0.2) is 27.0 Å². The predicted molar refractivity (Wildman–Crippen MR) is 78.3 cm³/mol. The van der Waals surface area contributed by atoms with E-state index >= 15 is 0 Å². The molecule has 1 atom stereocenters. The van der Waals surface area contributed by atoms with Gasteiger partial charge in [-0.2, -0.15) is 0 Å². The molecule has 0 radical (unpaired) electrons. The summed E-state index contributed by atoms with van der Waals surface area (Å²) in [6.45, 7) is 0.824. The van der Waals surface area contributed by atoms with Crippen molar-refractivity contribution < 1.29 is 9.47 Å². The molecule has 1 heterocycles. The highest BCUT2D eigenvalue weighted by molar-refractivity contribution is 5.46. The van der Waals surface area contributed by atoms with E-state index in [1.54, 1.807) is 6.26 Å². The molecule has 0 amide bonds. The molecule has 1 saturated heterocycles. The van der Waals surface area contributed by atoms with E-state index in [9.17, 15) is 0 Å². The van der Waals surface area contributed by atoms with E-state index in [-0.39, 0.29) is 6.29 Å². The van der Waals surface area contributed by atoms with Crippen molar-refractivity contribution in [1.29, 1.82) is 0 Å². The van der Waals surface area contributed by atoms with Gasteiger partial charge in [0.15, 0.2) is 6.29 Å². The molecule has 0 N–H and O–H groups in total. The van der Waals surface area contributed by atoms with Crippen molar-refractivity contribution in [3.05, 3.63) is 42.2 Å². The van der Waals surface area contributed by atoms with Crippen LogP contribution in [0.5, 0.6) is 0 Å². The topological polar surface area (TPSA) is 21.7 Å². The van der Waals surface area contributed by atoms with Gasteiger partial charge >= 0.3 is 0 Å². The number of allylic oxidation sites excluding steroid dienone is 1. The average Bonchev–Trinajstić information content (AvgIpc) is 2.45. The molecule has 3 heteroatoms. The lowest BCUT2D eigenvalue weighted by Crippen LogP contribution is -2.19. The summed E-state index contributed by atoms with van der Waals surface area (Å²) in [6, 6.07) is 8.57. The summed E-state index contributed by atoms with van der Waals surface area (Å²) in [5.74, 6) is 0. The number of hydrogen-bond donors (Lipinski definition) is 0. The molecule has 0 bridgehead atoms. The van der Waals surface area contributed by atoms with Gasteiger partial charge in [-0.05, 0) is 43.0 Å². The van der Waals surface area contributed by atoms with Crippen LogP contribution >= 0.6 is 0 Å². The van der Waals surface area contributed by atoms with Crippen LogP contribution in [0.4, 0.5) is 5.69 Å². The molecule has 1 aromatic carbocycles. The maximum atomic E-state index is 5.56. The van der Waals surface area contributed by atoms with Gasteiger partial charge in [0, 0.05) is 26.2 Å². The van der Waals surface area contributed by atoms with E-state index < -0.39 is 0 Å². The van der Waals surface area contributed by atoms with Crippen LogP contribution in [0, 0.1) is 0 Å². The highest BCUT2D eigenvalue weighted by atomic mass is 16.7. The van der Waals surface area contributed by atoms with E-state index in [2.05, 4.69) is 29.2 Å². The summed E-state index contributed by atoms with van der Waals surface area (Å²) in [6.07, 6.45) is 8.02. The summed E-state index contributed by atoms with van der Waals surface area (Å²) in [7, 11) is 4.10. The number of nitrogens with zero attached hydrogens (tertiary/aromatic N) is 1. The largest absolute Gasteiger partial charge is 0.473 e. The number of ether oxygens (including phenoxy) is 2. The Morgan fingerprint density at radius 2 is 2.05 bits per heavy atom. The SMILES string of the molecule is CN(C)c1ccc(C/C=C\OC2CCCCO2)cc1. The number of hydrogen-bond acceptors (Lipinski definition) is 3. The molecule has 0 saturated carbocycles. The van der Waals surface area contributed by atoms with Crippen molar-refractivity contribution >= 4 is 5.69 Å². The van der Waals surface area contributed by atoms with Crippen molar-refractivity contribution in [3.8, 4) is 0 Å². The molecular formula is C16H23NO2. The van der Waals surface area contributed by atoms with Crippen molar-refractivity contribution in [3.63, 3.8) is 0 Å². The molecule has 1 aliphatic heterocycles. The van der Waals surface area contributed by atoms with E-state index in [4.69, 9.17) is 9.47 Å². The second-order valence-electron chi connectivity index (χ2n) is 5.07. The number of benzene rings is 1. The first kappa shape index (κ1) is 13.9. The second kappa shape index (κ2) is 7.19. The summed E-state index contributed by atoms with van der Waals surface area (Å²) < 4.78 is 11.0. The lowest BCUT2D eigenvalue weighted by Gasteiger charge is -2.21. The zero-order valence-electron chi connectivity index (χ0n) is 11.8. The van der Waals surface area contributed by atoms with Crippen LogP contribution in [-0.2, 0) is 15.9 Å². The zero-order valence-corrected chi connectivity index (χ0v) is 11.8. The molecule has 19 heavy (non-hydrogen) atoms. The van der Waals surface area contributed by atoms with Gasteiger partial charge in [0.05, 0.1) is 12.9 Å². The average molecular weight is 261 g/mol. The molecule has 1 aromatic rings. The van der Waals surface area contributed by atoms with Gasteiger partial charge in [-0.1, -0.05) is 12.1 Å². The van der Waals surface area contributed by atoms with Gasteiger partial charge in [0.25, 0.3) is 0 Å². The Labute approximate surface area is 115 Å². The van der Waals surface area contributed by atoms with E-state index in [0.29, 0.717) is 0 Å². The third-order valence-electron chi connectivity index (χ3n) is 3.27. The van der Waals surface area contributed by atoms with Crippen molar-refractivity contribution in [2.45, 2.75) is 32.0 Å². The quantitative estimate of drug-likeness (QED) is 0.759. The molecule has 1 aliphatic rings. The van der Waals surface area contributed by atoms with E-state index in [1.165, 1.54) is 17.7 Å². The van der Waals surface area contributed by atoms with Crippen molar-refractivity contribution in [2.24, 2.45) is 0 Å². The molecule has 0 spiro atoms. The molecule has 1 fully saturated rings. The van der Waals surface area contributed by atoms with Crippen LogP contribution in [0.25, 0.3) is 0 Å². The fourth-order valence-corrected chi connectivity index (χ4v) is 2.08. The molecule has 104 valence electrons. The summed E-state index contributed by atoms with van der Waals surface area (Å²) in [5.41, 5.74) is 2.51. The van der Waals surface area contributed by atoms with Crippen molar-refractivity contribution in [2.75, 3.05) is 25.6 Å². The number of rotatable bonds is 5. The maximum absolute atomic E-state index is 5.56. The first-order valence-electron chi connectivity index (χ1n) is 6.94. The Balaban J connectivity index is 1.74. The molecule has 0 aromatic heterocycles. The van der Waals surface area contributed by atoms with E-state index in [0.717, 1.165) is 25.9 Å². The van der Waals surface area contributed by atoms with Crippen LogP contribution in [0.15, 0.2) is 36.6 Å². The van der Waals surface area contributed by atoms with Crippen LogP contribution in [0.2, 0.25) is 0 Å². The van der Waals surface area contributed by atoms with Crippen LogP contribution in [0.1, 0.15) is 24.8 Å². The Morgan fingerprint density at radius 3 is 2.68 bits per heavy atom. The van der Waals surface area contributed by atoms with Gasteiger partial charge in [-0.25, -0.2) is 0 Å². The van der Waals surface area contributed by atoms with Gasteiger partial charge in [0.2, 0.25) is 0 Å². The first-order chi connectivity index (χ1) is 9.25. The van der Waals surface area contributed by atoms with Gasteiger partial charge in [-0.15, -0.1) is 0 Å². The highest BCUT2D eigenvalue weighted by Crippen LogP contribution is 2.15. The smallest absolute Gasteiger partial charge is 0.198 e. The highest BCUT2D eigenvalue weighted by Gasteiger charge is 2.12. The van der Waals surface area contributed by atoms with Crippen LogP contribution in [0.3, 0.4) is 0 Å². The monoisotopic (exact) mass is 261 g/mol. The normalized spacial score (nSPS) is 19.6. The summed E-state index contributed by atoms with van der Waals surface area (Å²) >= 11 is 0. The molecule has 2 rings (SSSR count). The van der Waals surface area contributed by atoms with Crippen LogP contribution < -0.4 is 4.90 Å².